The molecule has 0 unspecified atom stereocenters. The van der Waals surface area contributed by atoms with Crippen LogP contribution in [0.15, 0.2) is 37.2 Å². The second kappa shape index (κ2) is 6.98. The Labute approximate surface area is 135 Å². The van der Waals surface area contributed by atoms with Gasteiger partial charge in [0.2, 0.25) is 0 Å². The lowest BCUT2D eigenvalue weighted by Crippen LogP contribution is -2.32. The molecular formula is C16H21N5S. The molecule has 0 saturated carbocycles. The van der Waals surface area contributed by atoms with Crippen LogP contribution in [0.3, 0.4) is 0 Å². The molecule has 3 heterocycles. The molecule has 0 spiro atoms. The minimum Gasteiger partial charge on any atom is -0.296 e. The molecule has 22 heavy (non-hydrogen) atoms. The largest absolute Gasteiger partial charge is 0.296 e. The van der Waals surface area contributed by atoms with Crippen molar-refractivity contribution in [1.82, 2.24) is 24.2 Å². The summed E-state index contributed by atoms with van der Waals surface area (Å²) in [5.41, 5.74) is 1.03. The van der Waals surface area contributed by atoms with E-state index in [4.69, 9.17) is 17.3 Å². The average Bonchev–Trinajstić information content (AvgIpc) is 2.87. The van der Waals surface area contributed by atoms with Crippen LogP contribution in [0.25, 0.3) is 11.4 Å². The third kappa shape index (κ3) is 3.18. The van der Waals surface area contributed by atoms with E-state index in [0.29, 0.717) is 6.54 Å². The molecule has 2 aromatic rings. The zero-order chi connectivity index (χ0) is 15.4. The number of likely N-dealkylation sites (tertiary alicyclic amines) is 1. The molecule has 1 fully saturated rings. The van der Waals surface area contributed by atoms with Gasteiger partial charge in [0.1, 0.15) is 0 Å². The summed E-state index contributed by atoms with van der Waals surface area (Å²) in [4.78, 5) is 6.49. The number of allylic oxidation sites excluding steroid dienone is 1. The van der Waals surface area contributed by atoms with Crippen molar-refractivity contribution in [2.24, 2.45) is 0 Å². The third-order valence-corrected chi connectivity index (χ3v) is 4.39. The fourth-order valence-corrected chi connectivity index (χ4v) is 3.09. The third-order valence-electron chi connectivity index (χ3n) is 3.96. The molecule has 0 amide bonds. The van der Waals surface area contributed by atoms with Crippen molar-refractivity contribution >= 4 is 12.2 Å². The fraction of sp³-hybridized carbons (Fsp3) is 0.438. The maximum atomic E-state index is 5.62. The lowest BCUT2D eigenvalue weighted by atomic mass is 10.1. The zero-order valence-electron chi connectivity index (χ0n) is 12.7. The molecule has 0 aliphatic carbocycles. The van der Waals surface area contributed by atoms with Gasteiger partial charge in [0.25, 0.3) is 0 Å². The summed E-state index contributed by atoms with van der Waals surface area (Å²) in [6.45, 7) is 7.51. The van der Waals surface area contributed by atoms with E-state index in [1.165, 1.54) is 19.3 Å². The molecule has 3 rings (SSSR count). The standard InChI is InChI=1S/C16H21N5S/c1-2-10-20-15(14-6-8-17-9-7-14)18-21(16(20)22)13-19-11-4-3-5-12-19/h2,6-9H,1,3-5,10-13H2. The number of hydrogen-bond acceptors (Lipinski definition) is 4. The minimum atomic E-state index is 0.663. The molecule has 6 heteroatoms. The van der Waals surface area contributed by atoms with E-state index in [1.54, 1.807) is 12.4 Å². The van der Waals surface area contributed by atoms with Crippen molar-refractivity contribution in [3.63, 3.8) is 0 Å². The van der Waals surface area contributed by atoms with Crippen molar-refractivity contribution in [3.8, 4) is 11.4 Å². The number of nitrogens with zero attached hydrogens (tertiary/aromatic N) is 5. The van der Waals surface area contributed by atoms with Crippen molar-refractivity contribution in [3.05, 3.63) is 42.0 Å². The summed E-state index contributed by atoms with van der Waals surface area (Å²) < 4.78 is 4.71. The average molecular weight is 315 g/mol. The Kier molecular flexibility index (Phi) is 4.80. The van der Waals surface area contributed by atoms with E-state index in [2.05, 4.69) is 16.5 Å². The lowest BCUT2D eigenvalue weighted by Gasteiger charge is -2.25. The van der Waals surface area contributed by atoms with Crippen LogP contribution < -0.4 is 0 Å². The van der Waals surface area contributed by atoms with E-state index in [9.17, 15) is 0 Å². The van der Waals surface area contributed by atoms with Crippen LogP contribution in [0.1, 0.15) is 19.3 Å². The maximum absolute atomic E-state index is 5.62. The fourth-order valence-electron chi connectivity index (χ4n) is 2.83. The minimum absolute atomic E-state index is 0.663. The molecule has 5 nitrogen and oxygen atoms in total. The molecule has 0 aromatic carbocycles. The zero-order valence-corrected chi connectivity index (χ0v) is 13.5. The van der Waals surface area contributed by atoms with Gasteiger partial charge in [-0.05, 0) is 50.3 Å². The van der Waals surface area contributed by atoms with Crippen LogP contribution in [0, 0.1) is 4.77 Å². The summed E-state index contributed by atoms with van der Waals surface area (Å²) in [6, 6.07) is 3.92. The van der Waals surface area contributed by atoms with E-state index in [1.807, 2.05) is 27.5 Å². The van der Waals surface area contributed by atoms with Gasteiger partial charge in [0, 0.05) is 24.5 Å². The molecule has 116 valence electrons. The lowest BCUT2D eigenvalue weighted by molar-refractivity contribution is 0.172. The Morgan fingerprint density at radius 1 is 1.18 bits per heavy atom. The Hall–Kier alpha value is -1.79. The van der Waals surface area contributed by atoms with Gasteiger partial charge in [0.05, 0.1) is 6.67 Å². The number of rotatable bonds is 5. The number of aromatic nitrogens is 4. The first-order chi connectivity index (χ1) is 10.8. The van der Waals surface area contributed by atoms with Crippen LogP contribution >= 0.6 is 12.2 Å². The van der Waals surface area contributed by atoms with Gasteiger partial charge in [-0.15, -0.1) is 6.58 Å². The normalized spacial score (nSPS) is 15.8. The highest BCUT2D eigenvalue weighted by Crippen LogP contribution is 2.18. The van der Waals surface area contributed by atoms with Gasteiger partial charge < -0.3 is 0 Å². The Morgan fingerprint density at radius 2 is 1.91 bits per heavy atom. The molecule has 1 aliphatic rings. The Morgan fingerprint density at radius 3 is 2.59 bits per heavy atom. The smallest absolute Gasteiger partial charge is 0.199 e. The van der Waals surface area contributed by atoms with E-state index in [0.717, 1.165) is 35.9 Å². The second-order valence-electron chi connectivity index (χ2n) is 5.56. The number of pyridine rings is 1. The first-order valence-corrected chi connectivity index (χ1v) is 8.11. The molecule has 0 atom stereocenters. The van der Waals surface area contributed by atoms with E-state index < -0.39 is 0 Å². The maximum Gasteiger partial charge on any atom is 0.199 e. The van der Waals surface area contributed by atoms with Crippen molar-refractivity contribution < 1.29 is 0 Å². The van der Waals surface area contributed by atoms with Gasteiger partial charge >= 0.3 is 0 Å². The van der Waals surface area contributed by atoms with E-state index >= 15 is 0 Å². The molecule has 0 N–H and O–H groups in total. The summed E-state index contributed by atoms with van der Waals surface area (Å²) in [5, 5.41) is 4.75. The highest BCUT2D eigenvalue weighted by atomic mass is 32.1. The molecule has 0 bridgehead atoms. The van der Waals surface area contributed by atoms with Crippen LogP contribution in [0.2, 0.25) is 0 Å². The van der Waals surface area contributed by atoms with Crippen LogP contribution in [0.5, 0.6) is 0 Å². The van der Waals surface area contributed by atoms with Crippen LogP contribution in [-0.2, 0) is 13.2 Å². The van der Waals surface area contributed by atoms with Crippen LogP contribution in [0.4, 0.5) is 0 Å². The van der Waals surface area contributed by atoms with E-state index in [-0.39, 0.29) is 0 Å². The summed E-state index contributed by atoms with van der Waals surface area (Å²) in [6.07, 6.45) is 9.26. The number of hydrogen-bond donors (Lipinski definition) is 0. The summed E-state index contributed by atoms with van der Waals surface area (Å²) in [5.74, 6) is 0.879. The van der Waals surface area contributed by atoms with Gasteiger partial charge in [-0.25, -0.2) is 4.68 Å². The van der Waals surface area contributed by atoms with Gasteiger partial charge in [0.15, 0.2) is 10.6 Å². The highest BCUT2D eigenvalue weighted by molar-refractivity contribution is 7.71. The quantitative estimate of drug-likeness (QED) is 0.628. The topological polar surface area (TPSA) is 38.9 Å². The molecule has 0 radical (unpaired) electrons. The molecular weight excluding hydrogens is 294 g/mol. The summed E-state index contributed by atoms with van der Waals surface area (Å²) >= 11 is 5.62. The van der Waals surface area contributed by atoms with Crippen molar-refractivity contribution in [1.29, 1.82) is 0 Å². The van der Waals surface area contributed by atoms with Crippen LogP contribution in [-0.4, -0.2) is 37.3 Å². The van der Waals surface area contributed by atoms with Gasteiger partial charge in [-0.1, -0.05) is 12.5 Å². The summed E-state index contributed by atoms with van der Waals surface area (Å²) in [7, 11) is 0. The first-order valence-electron chi connectivity index (χ1n) is 7.71. The molecule has 1 saturated heterocycles. The Bertz CT molecular complexity index is 682. The molecule has 2 aromatic heterocycles. The predicted molar refractivity (Wildman–Crippen MR) is 89.9 cm³/mol. The van der Waals surface area contributed by atoms with Gasteiger partial charge in [-0.3, -0.25) is 14.5 Å². The predicted octanol–water partition coefficient (Wildman–Crippen LogP) is 3.11. The van der Waals surface area contributed by atoms with Crippen molar-refractivity contribution in [2.45, 2.75) is 32.5 Å². The first kappa shape index (κ1) is 15.1. The highest BCUT2D eigenvalue weighted by Gasteiger charge is 2.15. The van der Waals surface area contributed by atoms with Gasteiger partial charge in [-0.2, -0.15) is 5.10 Å². The second-order valence-corrected chi connectivity index (χ2v) is 5.93. The van der Waals surface area contributed by atoms with Crippen molar-refractivity contribution in [2.75, 3.05) is 13.1 Å². The monoisotopic (exact) mass is 315 g/mol. The SMILES string of the molecule is C=CCn1c(-c2ccncc2)nn(CN2CCCCC2)c1=S. The molecule has 1 aliphatic heterocycles. The number of piperidine rings is 1. The Balaban J connectivity index is 1.94.